The topological polar surface area (TPSA) is 37.8 Å². The molecule has 110 valence electrons. The maximum absolute atomic E-state index is 4.87. The van der Waals surface area contributed by atoms with Crippen LogP contribution < -0.4 is 5.32 Å². The number of hydrogen-bond acceptors (Lipinski definition) is 3. The van der Waals surface area contributed by atoms with Gasteiger partial charge in [-0.3, -0.25) is 0 Å². The van der Waals surface area contributed by atoms with Gasteiger partial charge in [-0.1, -0.05) is 45.0 Å². The van der Waals surface area contributed by atoms with E-state index in [4.69, 9.17) is 9.97 Å². The first-order valence-corrected chi connectivity index (χ1v) is 7.61. The van der Waals surface area contributed by atoms with E-state index in [0.29, 0.717) is 5.92 Å². The summed E-state index contributed by atoms with van der Waals surface area (Å²) in [5, 5.41) is 3.17. The Labute approximate surface area is 126 Å². The van der Waals surface area contributed by atoms with Crippen LogP contribution >= 0.6 is 0 Å². The molecule has 0 spiro atoms. The SMILES string of the molecule is CNc1cc(C(C)(C)C)nc(C2Cc3ccccc3C2)n1. The van der Waals surface area contributed by atoms with Crippen LogP contribution in [0.25, 0.3) is 0 Å². The molecular formula is C18H23N3. The minimum Gasteiger partial charge on any atom is -0.373 e. The van der Waals surface area contributed by atoms with E-state index < -0.39 is 0 Å². The number of nitrogens with one attached hydrogen (secondary N) is 1. The van der Waals surface area contributed by atoms with Gasteiger partial charge in [0.1, 0.15) is 11.6 Å². The summed E-state index contributed by atoms with van der Waals surface area (Å²) in [6, 6.07) is 10.7. The summed E-state index contributed by atoms with van der Waals surface area (Å²) >= 11 is 0. The van der Waals surface area contributed by atoms with Crippen LogP contribution in [0, 0.1) is 0 Å². The molecule has 1 aromatic heterocycles. The lowest BCUT2D eigenvalue weighted by Gasteiger charge is -2.20. The highest BCUT2D eigenvalue weighted by atomic mass is 15.0. The van der Waals surface area contributed by atoms with E-state index in [1.165, 1.54) is 11.1 Å². The molecule has 3 heteroatoms. The average molecular weight is 281 g/mol. The van der Waals surface area contributed by atoms with Gasteiger partial charge >= 0.3 is 0 Å². The van der Waals surface area contributed by atoms with Crippen LogP contribution in [0.4, 0.5) is 5.82 Å². The molecule has 0 atom stereocenters. The molecule has 0 saturated carbocycles. The van der Waals surface area contributed by atoms with Crippen molar-refractivity contribution in [1.29, 1.82) is 0 Å². The zero-order chi connectivity index (χ0) is 15.0. The van der Waals surface area contributed by atoms with Crippen LogP contribution in [-0.4, -0.2) is 17.0 Å². The summed E-state index contributed by atoms with van der Waals surface area (Å²) in [4.78, 5) is 9.57. The van der Waals surface area contributed by atoms with Gasteiger partial charge in [-0.05, 0) is 24.0 Å². The van der Waals surface area contributed by atoms with Crippen LogP contribution in [0.2, 0.25) is 0 Å². The zero-order valence-corrected chi connectivity index (χ0v) is 13.3. The first-order chi connectivity index (χ1) is 9.97. The molecule has 0 unspecified atom stereocenters. The summed E-state index contributed by atoms with van der Waals surface area (Å²) in [5.41, 5.74) is 4.03. The van der Waals surface area contributed by atoms with E-state index in [1.54, 1.807) is 0 Å². The summed E-state index contributed by atoms with van der Waals surface area (Å²) in [5.74, 6) is 2.29. The molecule has 0 bridgehead atoms. The number of anilines is 1. The third kappa shape index (κ3) is 2.78. The fraction of sp³-hybridized carbons (Fsp3) is 0.444. The van der Waals surface area contributed by atoms with Crippen molar-refractivity contribution >= 4 is 5.82 Å². The van der Waals surface area contributed by atoms with Crippen LogP contribution in [-0.2, 0) is 18.3 Å². The molecule has 1 aliphatic rings. The van der Waals surface area contributed by atoms with Crippen molar-refractivity contribution in [2.75, 3.05) is 12.4 Å². The van der Waals surface area contributed by atoms with Crippen molar-refractivity contribution in [2.24, 2.45) is 0 Å². The number of hydrogen-bond donors (Lipinski definition) is 1. The molecule has 0 amide bonds. The van der Waals surface area contributed by atoms with E-state index in [-0.39, 0.29) is 5.41 Å². The lowest BCUT2D eigenvalue weighted by Crippen LogP contribution is -2.18. The molecule has 21 heavy (non-hydrogen) atoms. The Morgan fingerprint density at radius 2 is 1.67 bits per heavy atom. The van der Waals surface area contributed by atoms with E-state index in [1.807, 2.05) is 7.05 Å². The van der Waals surface area contributed by atoms with E-state index >= 15 is 0 Å². The smallest absolute Gasteiger partial charge is 0.134 e. The molecule has 2 aromatic rings. The Morgan fingerprint density at radius 1 is 1.05 bits per heavy atom. The van der Waals surface area contributed by atoms with Crippen molar-refractivity contribution < 1.29 is 0 Å². The van der Waals surface area contributed by atoms with E-state index in [0.717, 1.165) is 30.2 Å². The molecule has 1 N–H and O–H groups in total. The Kier molecular flexibility index (Phi) is 3.44. The van der Waals surface area contributed by atoms with Gasteiger partial charge in [0.05, 0.1) is 5.69 Å². The van der Waals surface area contributed by atoms with Crippen molar-refractivity contribution in [3.8, 4) is 0 Å². The third-order valence-corrected chi connectivity index (χ3v) is 4.18. The molecule has 0 fully saturated rings. The average Bonchev–Trinajstić information content (AvgIpc) is 2.89. The molecule has 1 heterocycles. The number of nitrogens with zero attached hydrogens (tertiary/aromatic N) is 2. The highest BCUT2D eigenvalue weighted by molar-refractivity contribution is 5.40. The quantitative estimate of drug-likeness (QED) is 0.912. The Morgan fingerprint density at radius 3 is 2.19 bits per heavy atom. The number of benzene rings is 1. The van der Waals surface area contributed by atoms with Gasteiger partial charge in [0, 0.05) is 24.4 Å². The monoisotopic (exact) mass is 281 g/mol. The van der Waals surface area contributed by atoms with Crippen molar-refractivity contribution in [3.05, 3.63) is 53.0 Å². The van der Waals surface area contributed by atoms with Gasteiger partial charge < -0.3 is 5.32 Å². The minimum absolute atomic E-state index is 0.0365. The van der Waals surface area contributed by atoms with Crippen LogP contribution in [0.15, 0.2) is 30.3 Å². The first-order valence-electron chi connectivity index (χ1n) is 7.61. The predicted octanol–water partition coefficient (Wildman–Crippen LogP) is 3.70. The molecule has 3 nitrogen and oxygen atoms in total. The zero-order valence-electron chi connectivity index (χ0n) is 13.3. The molecule has 1 aliphatic carbocycles. The van der Waals surface area contributed by atoms with Gasteiger partial charge in [-0.2, -0.15) is 0 Å². The lowest BCUT2D eigenvalue weighted by molar-refractivity contribution is 0.554. The van der Waals surface area contributed by atoms with Crippen molar-refractivity contribution in [1.82, 2.24) is 9.97 Å². The molecule has 3 rings (SSSR count). The Balaban J connectivity index is 1.97. The number of aromatic nitrogens is 2. The number of rotatable bonds is 2. The fourth-order valence-corrected chi connectivity index (χ4v) is 2.90. The Hall–Kier alpha value is -1.90. The number of fused-ring (bicyclic) bond motifs is 1. The summed E-state index contributed by atoms with van der Waals surface area (Å²) in [6.07, 6.45) is 2.10. The van der Waals surface area contributed by atoms with Crippen molar-refractivity contribution in [3.63, 3.8) is 0 Å². The van der Waals surface area contributed by atoms with Crippen molar-refractivity contribution in [2.45, 2.75) is 44.9 Å². The summed E-state index contributed by atoms with van der Waals surface area (Å²) in [7, 11) is 1.92. The molecule has 0 aliphatic heterocycles. The molecule has 0 saturated heterocycles. The summed E-state index contributed by atoms with van der Waals surface area (Å²) in [6.45, 7) is 6.59. The van der Waals surface area contributed by atoms with Crippen LogP contribution in [0.1, 0.15) is 49.3 Å². The lowest BCUT2D eigenvalue weighted by atomic mass is 9.91. The first kappa shape index (κ1) is 14.1. The largest absolute Gasteiger partial charge is 0.373 e. The summed E-state index contributed by atoms with van der Waals surface area (Å²) < 4.78 is 0. The van der Waals surface area contributed by atoms with Gasteiger partial charge in [0.2, 0.25) is 0 Å². The van der Waals surface area contributed by atoms with E-state index in [2.05, 4.69) is 56.4 Å². The third-order valence-electron chi connectivity index (χ3n) is 4.18. The van der Waals surface area contributed by atoms with Gasteiger partial charge in [0.25, 0.3) is 0 Å². The standard InChI is InChI=1S/C18H23N3/c1-18(2,3)15-11-16(19-4)21-17(20-15)14-9-12-7-5-6-8-13(12)10-14/h5-8,11,14H,9-10H2,1-4H3,(H,19,20,21). The second-order valence-electron chi connectivity index (χ2n) is 6.87. The van der Waals surface area contributed by atoms with Gasteiger partial charge in [-0.15, -0.1) is 0 Å². The van der Waals surface area contributed by atoms with Crippen LogP contribution in [0.5, 0.6) is 0 Å². The van der Waals surface area contributed by atoms with E-state index in [9.17, 15) is 0 Å². The predicted molar refractivity (Wildman–Crippen MR) is 86.9 cm³/mol. The maximum Gasteiger partial charge on any atom is 0.134 e. The highest BCUT2D eigenvalue weighted by Gasteiger charge is 2.27. The normalized spacial score (nSPS) is 15.0. The maximum atomic E-state index is 4.87. The fourth-order valence-electron chi connectivity index (χ4n) is 2.90. The van der Waals surface area contributed by atoms with Gasteiger partial charge in [0.15, 0.2) is 0 Å². The van der Waals surface area contributed by atoms with Gasteiger partial charge in [-0.25, -0.2) is 9.97 Å². The molecule has 1 aromatic carbocycles. The van der Waals surface area contributed by atoms with Crippen LogP contribution in [0.3, 0.4) is 0 Å². The Bertz CT molecular complexity index is 631. The minimum atomic E-state index is 0.0365. The molecule has 0 radical (unpaired) electrons. The second kappa shape index (κ2) is 5.14. The highest BCUT2D eigenvalue weighted by Crippen LogP contribution is 2.33. The second-order valence-corrected chi connectivity index (χ2v) is 6.87. The molecular weight excluding hydrogens is 258 g/mol.